The van der Waals surface area contributed by atoms with Crippen LogP contribution in [0.25, 0.3) is 11.8 Å². The maximum atomic E-state index is 13.0. The first-order valence-corrected chi connectivity index (χ1v) is 12.2. The number of carbonyl (C=O) groups excluding carboxylic acids is 3. The molecule has 9 heteroatoms. The number of benzene rings is 3. The van der Waals surface area contributed by atoms with Crippen molar-refractivity contribution in [2.75, 3.05) is 16.9 Å². The summed E-state index contributed by atoms with van der Waals surface area (Å²) in [7, 11) is 0. The van der Waals surface area contributed by atoms with Gasteiger partial charge in [-0.2, -0.15) is 0 Å². The van der Waals surface area contributed by atoms with E-state index >= 15 is 0 Å². The van der Waals surface area contributed by atoms with Crippen LogP contribution in [0.2, 0.25) is 0 Å². The Hall–Kier alpha value is -5.18. The standard InChI is InChI=1S/C30H25FN4O4/c1-19-16-21(17-27-29(37)33-35(30(27)38)25-6-4-3-5-7-25)20(2)34(19)24-12-14-26(15-13-24)39-18-28(36)32-23-10-8-22(31)9-11-23/h3-17H,18H2,1-2H3,(H,32,36)(H,33,37)/b27-17-. The molecule has 1 aliphatic rings. The molecule has 0 atom stereocenters. The normalized spacial score (nSPS) is 14.0. The smallest absolute Gasteiger partial charge is 0.282 e. The lowest BCUT2D eigenvalue weighted by atomic mass is 10.1. The fraction of sp³-hybridized carbons (Fsp3) is 0.100. The zero-order chi connectivity index (χ0) is 27.5. The van der Waals surface area contributed by atoms with Crippen molar-refractivity contribution in [2.24, 2.45) is 0 Å². The van der Waals surface area contributed by atoms with E-state index in [-0.39, 0.29) is 23.9 Å². The van der Waals surface area contributed by atoms with Gasteiger partial charge < -0.3 is 14.6 Å². The molecule has 1 saturated heterocycles. The summed E-state index contributed by atoms with van der Waals surface area (Å²) in [5, 5.41) is 3.89. The molecule has 196 valence electrons. The Labute approximate surface area is 224 Å². The van der Waals surface area contributed by atoms with E-state index < -0.39 is 11.8 Å². The van der Waals surface area contributed by atoms with Crippen molar-refractivity contribution in [3.63, 3.8) is 0 Å². The molecular weight excluding hydrogens is 499 g/mol. The summed E-state index contributed by atoms with van der Waals surface area (Å²) < 4.78 is 20.6. The van der Waals surface area contributed by atoms with E-state index in [0.717, 1.165) is 22.6 Å². The van der Waals surface area contributed by atoms with E-state index in [1.54, 1.807) is 42.5 Å². The Morgan fingerprint density at radius 2 is 1.64 bits per heavy atom. The second kappa shape index (κ2) is 10.7. The maximum absolute atomic E-state index is 13.0. The highest BCUT2D eigenvalue weighted by Gasteiger charge is 2.34. The van der Waals surface area contributed by atoms with Crippen LogP contribution in [0.15, 0.2) is 90.5 Å². The van der Waals surface area contributed by atoms with Gasteiger partial charge >= 0.3 is 0 Å². The molecule has 2 heterocycles. The molecule has 0 radical (unpaired) electrons. The van der Waals surface area contributed by atoms with E-state index in [0.29, 0.717) is 17.1 Å². The molecule has 3 amide bonds. The van der Waals surface area contributed by atoms with Gasteiger partial charge in [0.25, 0.3) is 17.7 Å². The molecule has 1 aliphatic heterocycles. The van der Waals surface area contributed by atoms with Crippen LogP contribution in [0.4, 0.5) is 15.8 Å². The minimum atomic E-state index is -0.460. The number of carbonyl (C=O) groups is 3. The molecule has 0 saturated carbocycles. The highest BCUT2D eigenvalue weighted by atomic mass is 19.1. The number of aryl methyl sites for hydroxylation is 1. The molecule has 8 nitrogen and oxygen atoms in total. The van der Waals surface area contributed by atoms with Crippen LogP contribution in [0.3, 0.4) is 0 Å². The first kappa shape index (κ1) is 25.5. The lowest BCUT2D eigenvalue weighted by molar-refractivity contribution is -0.118. The van der Waals surface area contributed by atoms with Gasteiger partial charge in [-0.15, -0.1) is 0 Å². The largest absolute Gasteiger partial charge is 0.484 e. The van der Waals surface area contributed by atoms with Crippen molar-refractivity contribution in [3.8, 4) is 11.4 Å². The van der Waals surface area contributed by atoms with E-state index in [1.807, 2.05) is 42.7 Å². The monoisotopic (exact) mass is 524 g/mol. The van der Waals surface area contributed by atoms with Crippen molar-refractivity contribution in [2.45, 2.75) is 13.8 Å². The first-order valence-electron chi connectivity index (χ1n) is 12.2. The predicted octanol–water partition coefficient (Wildman–Crippen LogP) is 4.71. The van der Waals surface area contributed by atoms with Gasteiger partial charge in [0.1, 0.15) is 17.1 Å². The van der Waals surface area contributed by atoms with Crippen molar-refractivity contribution in [3.05, 3.63) is 113 Å². The van der Waals surface area contributed by atoms with Crippen LogP contribution < -0.4 is 20.5 Å². The van der Waals surface area contributed by atoms with E-state index in [4.69, 9.17) is 4.74 Å². The lowest BCUT2D eigenvalue weighted by Gasteiger charge is -2.13. The number of hydrogen-bond acceptors (Lipinski definition) is 4. The van der Waals surface area contributed by atoms with E-state index in [1.165, 1.54) is 29.3 Å². The number of ether oxygens (including phenoxy) is 1. The number of halogens is 1. The molecular formula is C30H25FN4O4. The van der Waals surface area contributed by atoms with Gasteiger partial charge in [0.2, 0.25) is 0 Å². The number of aromatic nitrogens is 1. The number of nitrogens with one attached hydrogen (secondary N) is 2. The zero-order valence-corrected chi connectivity index (χ0v) is 21.3. The molecule has 3 aromatic carbocycles. The number of amides is 3. The Morgan fingerprint density at radius 3 is 2.33 bits per heavy atom. The molecule has 39 heavy (non-hydrogen) atoms. The summed E-state index contributed by atoms with van der Waals surface area (Å²) in [6, 6.07) is 23.5. The van der Waals surface area contributed by atoms with Crippen molar-refractivity contribution >= 4 is 35.2 Å². The van der Waals surface area contributed by atoms with Crippen molar-refractivity contribution in [1.29, 1.82) is 0 Å². The number of hydrazine groups is 1. The molecule has 4 aromatic rings. The van der Waals surface area contributed by atoms with Gasteiger partial charge in [0.15, 0.2) is 6.61 Å². The summed E-state index contributed by atoms with van der Waals surface area (Å²) in [4.78, 5) is 37.7. The number of nitrogens with zero attached hydrogens (tertiary/aromatic N) is 2. The van der Waals surface area contributed by atoms with Crippen molar-refractivity contribution in [1.82, 2.24) is 9.99 Å². The van der Waals surface area contributed by atoms with Gasteiger partial charge in [0, 0.05) is 22.8 Å². The summed E-state index contributed by atoms with van der Waals surface area (Å²) in [6.07, 6.45) is 1.61. The predicted molar refractivity (Wildman–Crippen MR) is 146 cm³/mol. The van der Waals surface area contributed by atoms with Crippen LogP contribution in [-0.4, -0.2) is 28.9 Å². The van der Waals surface area contributed by atoms with E-state index in [9.17, 15) is 18.8 Å². The highest BCUT2D eigenvalue weighted by molar-refractivity contribution is 6.31. The molecule has 2 N–H and O–H groups in total. The van der Waals surface area contributed by atoms with Gasteiger partial charge in [0.05, 0.1) is 5.69 Å². The first-order chi connectivity index (χ1) is 18.8. The zero-order valence-electron chi connectivity index (χ0n) is 21.3. The van der Waals surface area contributed by atoms with Crippen LogP contribution in [0.5, 0.6) is 5.75 Å². The number of para-hydroxylation sites is 1. The molecule has 1 aromatic heterocycles. The quantitative estimate of drug-likeness (QED) is 0.271. The Kier molecular flexibility index (Phi) is 6.96. The number of hydrogen-bond donors (Lipinski definition) is 2. The second-order valence-electron chi connectivity index (χ2n) is 8.97. The van der Waals surface area contributed by atoms with E-state index in [2.05, 4.69) is 10.7 Å². The minimum Gasteiger partial charge on any atom is -0.484 e. The van der Waals surface area contributed by atoms with Crippen LogP contribution in [-0.2, 0) is 14.4 Å². The Bertz CT molecular complexity index is 1580. The van der Waals surface area contributed by atoms with Gasteiger partial charge in [-0.3, -0.25) is 19.8 Å². The number of anilines is 2. The summed E-state index contributed by atoms with van der Waals surface area (Å²) >= 11 is 0. The molecule has 0 aliphatic carbocycles. The minimum absolute atomic E-state index is 0.0572. The topological polar surface area (TPSA) is 92.7 Å². The molecule has 0 bridgehead atoms. The lowest BCUT2D eigenvalue weighted by Crippen LogP contribution is -2.35. The third-order valence-electron chi connectivity index (χ3n) is 6.27. The second-order valence-corrected chi connectivity index (χ2v) is 8.97. The summed E-state index contributed by atoms with van der Waals surface area (Å²) in [5.74, 6) is -1.11. The van der Waals surface area contributed by atoms with Crippen LogP contribution in [0, 0.1) is 19.7 Å². The fourth-order valence-electron chi connectivity index (χ4n) is 4.37. The van der Waals surface area contributed by atoms with Gasteiger partial charge in [-0.1, -0.05) is 18.2 Å². The SMILES string of the molecule is Cc1cc(/C=C2/C(=O)NN(c3ccccc3)C2=O)c(C)n1-c1ccc(OCC(=O)Nc2ccc(F)cc2)cc1. The number of rotatable bonds is 7. The summed E-state index contributed by atoms with van der Waals surface area (Å²) in [5.41, 5.74) is 7.11. The Morgan fingerprint density at radius 1 is 0.949 bits per heavy atom. The maximum Gasteiger partial charge on any atom is 0.282 e. The third kappa shape index (κ3) is 5.42. The average Bonchev–Trinajstić information content (AvgIpc) is 3.38. The fourth-order valence-corrected chi connectivity index (χ4v) is 4.37. The summed E-state index contributed by atoms with van der Waals surface area (Å²) in [6.45, 7) is 3.65. The third-order valence-corrected chi connectivity index (χ3v) is 6.27. The van der Waals surface area contributed by atoms with Crippen LogP contribution in [0.1, 0.15) is 17.0 Å². The van der Waals surface area contributed by atoms with Gasteiger partial charge in [-0.25, -0.2) is 9.40 Å². The molecule has 1 fully saturated rings. The molecule has 0 unspecified atom stereocenters. The molecule has 0 spiro atoms. The van der Waals surface area contributed by atoms with Gasteiger partial charge in [-0.05, 0) is 92.2 Å². The van der Waals surface area contributed by atoms with Crippen LogP contribution >= 0.6 is 0 Å². The van der Waals surface area contributed by atoms with Crippen molar-refractivity contribution < 1.29 is 23.5 Å². The Balaban J connectivity index is 1.28. The average molecular weight is 525 g/mol. The highest BCUT2D eigenvalue weighted by Crippen LogP contribution is 2.27. The molecule has 5 rings (SSSR count).